The van der Waals surface area contributed by atoms with Crippen LogP contribution in [0, 0.1) is 0 Å². The molecule has 0 amide bonds. The first-order valence-corrected chi connectivity index (χ1v) is 37.3. The molecule has 498 valence electrons. The molecule has 0 aromatic carbocycles. The van der Waals surface area contributed by atoms with E-state index in [1.165, 1.54) is 167 Å². The Morgan fingerprint density at radius 3 is 0.702 bits per heavy atom. The summed E-state index contributed by atoms with van der Waals surface area (Å²) in [6.45, 7) is 4.88. The number of phosphoric acid groups is 2. The molecule has 0 aliphatic rings. The molecule has 0 bridgehead atoms. The Morgan fingerprint density at radius 1 is 0.286 bits per heavy atom. The van der Waals surface area contributed by atoms with Crippen LogP contribution in [0.5, 0.6) is 0 Å². The highest BCUT2D eigenvalue weighted by atomic mass is 31.2. The fraction of sp³-hybridized carbons (Fsp3) is 0.938. The monoisotopic (exact) mass is 1240 g/mol. The summed E-state index contributed by atoms with van der Waals surface area (Å²) in [7, 11) is -9.88. The molecular formula is C65H126O17P2. The maximum atomic E-state index is 13.0. The van der Waals surface area contributed by atoms with Crippen molar-refractivity contribution < 1.29 is 80.2 Å². The highest BCUT2D eigenvalue weighted by molar-refractivity contribution is 7.47. The second-order valence-electron chi connectivity index (χ2n) is 23.5. The van der Waals surface area contributed by atoms with E-state index in [0.29, 0.717) is 25.7 Å². The molecule has 0 aromatic rings. The van der Waals surface area contributed by atoms with Crippen molar-refractivity contribution in [3.8, 4) is 0 Å². The van der Waals surface area contributed by atoms with E-state index in [1.807, 2.05) is 0 Å². The SMILES string of the molecule is CCCCCCCCCCCCCCCCCC(=O)O[C@H](COC(=O)CCCCCCCCCCCC)COP(=O)(O)OC[C@@H](O)COP(=O)(O)OC[C@@H](COC(=O)CCCCCCCCCCC)OC(=O)CCCCCCCCCCCC. The number of carbonyl (C=O) groups excluding carboxylic acids is 4. The van der Waals surface area contributed by atoms with Gasteiger partial charge in [0.25, 0.3) is 0 Å². The molecule has 17 nitrogen and oxygen atoms in total. The molecule has 0 spiro atoms. The van der Waals surface area contributed by atoms with Crippen molar-refractivity contribution in [2.45, 2.75) is 354 Å². The van der Waals surface area contributed by atoms with Crippen LogP contribution in [0.15, 0.2) is 0 Å². The largest absolute Gasteiger partial charge is 0.472 e. The number of carbonyl (C=O) groups is 4. The van der Waals surface area contributed by atoms with Gasteiger partial charge >= 0.3 is 39.5 Å². The van der Waals surface area contributed by atoms with Crippen LogP contribution in [0.3, 0.4) is 0 Å². The molecule has 0 rings (SSSR count). The molecule has 0 radical (unpaired) electrons. The minimum absolute atomic E-state index is 0.107. The summed E-state index contributed by atoms with van der Waals surface area (Å²) in [4.78, 5) is 72.2. The van der Waals surface area contributed by atoms with E-state index < -0.39 is 97.5 Å². The smallest absolute Gasteiger partial charge is 0.462 e. The van der Waals surface area contributed by atoms with Crippen LogP contribution in [0.2, 0.25) is 0 Å². The second kappa shape index (κ2) is 60.0. The van der Waals surface area contributed by atoms with Gasteiger partial charge in [0.2, 0.25) is 0 Å². The third-order valence-corrected chi connectivity index (χ3v) is 17.0. The molecule has 0 saturated carbocycles. The fourth-order valence-electron chi connectivity index (χ4n) is 9.81. The topological polar surface area (TPSA) is 237 Å². The number of phosphoric ester groups is 2. The third kappa shape index (κ3) is 59.0. The summed E-state index contributed by atoms with van der Waals surface area (Å²) in [5, 5.41) is 10.5. The Bertz CT molecular complexity index is 1620. The van der Waals surface area contributed by atoms with Gasteiger partial charge in [-0.1, -0.05) is 285 Å². The normalized spacial score (nSPS) is 14.1. The van der Waals surface area contributed by atoms with Crippen LogP contribution in [0.1, 0.15) is 336 Å². The van der Waals surface area contributed by atoms with E-state index in [9.17, 15) is 43.2 Å². The average Bonchev–Trinajstić information content (AvgIpc) is 3.64. The van der Waals surface area contributed by atoms with Crippen molar-refractivity contribution in [2.24, 2.45) is 0 Å². The van der Waals surface area contributed by atoms with Gasteiger partial charge in [-0.3, -0.25) is 37.3 Å². The molecular weight excluding hydrogens is 1110 g/mol. The zero-order valence-corrected chi connectivity index (χ0v) is 55.7. The third-order valence-electron chi connectivity index (χ3n) is 15.1. The zero-order chi connectivity index (χ0) is 61.9. The summed E-state index contributed by atoms with van der Waals surface area (Å²) in [5.41, 5.74) is 0. The molecule has 0 aromatic heterocycles. The van der Waals surface area contributed by atoms with Crippen LogP contribution in [0.4, 0.5) is 0 Å². The number of hydrogen-bond donors (Lipinski definition) is 3. The quantitative estimate of drug-likeness (QED) is 0.0222. The zero-order valence-electron chi connectivity index (χ0n) is 53.9. The van der Waals surface area contributed by atoms with Gasteiger partial charge in [0, 0.05) is 25.7 Å². The van der Waals surface area contributed by atoms with E-state index in [1.54, 1.807) is 0 Å². The van der Waals surface area contributed by atoms with Gasteiger partial charge in [-0.2, -0.15) is 0 Å². The number of ether oxygens (including phenoxy) is 4. The van der Waals surface area contributed by atoms with Gasteiger partial charge in [-0.25, -0.2) is 9.13 Å². The molecule has 5 atom stereocenters. The second-order valence-corrected chi connectivity index (χ2v) is 26.4. The fourth-order valence-corrected chi connectivity index (χ4v) is 11.4. The van der Waals surface area contributed by atoms with Crippen molar-refractivity contribution in [1.29, 1.82) is 0 Å². The number of esters is 4. The lowest BCUT2D eigenvalue weighted by Gasteiger charge is -2.21. The van der Waals surface area contributed by atoms with Crippen LogP contribution in [-0.4, -0.2) is 96.7 Å². The van der Waals surface area contributed by atoms with Crippen molar-refractivity contribution >= 4 is 39.5 Å². The first-order valence-electron chi connectivity index (χ1n) is 34.3. The van der Waals surface area contributed by atoms with E-state index in [2.05, 4.69) is 27.7 Å². The van der Waals surface area contributed by atoms with Gasteiger partial charge in [0.05, 0.1) is 26.4 Å². The highest BCUT2D eigenvalue weighted by Gasteiger charge is 2.30. The van der Waals surface area contributed by atoms with Crippen molar-refractivity contribution in [3.63, 3.8) is 0 Å². The number of aliphatic hydroxyl groups excluding tert-OH is 1. The van der Waals surface area contributed by atoms with Crippen LogP contribution < -0.4 is 0 Å². The lowest BCUT2D eigenvalue weighted by molar-refractivity contribution is -0.161. The first-order chi connectivity index (χ1) is 40.7. The first kappa shape index (κ1) is 82.1. The molecule has 0 fully saturated rings. The van der Waals surface area contributed by atoms with Crippen LogP contribution >= 0.6 is 15.6 Å². The Hall–Kier alpha value is -1.94. The Kier molecular flexibility index (Phi) is 58.6. The summed E-state index contributed by atoms with van der Waals surface area (Å²) < 4.78 is 68.0. The maximum Gasteiger partial charge on any atom is 0.472 e. The van der Waals surface area contributed by atoms with E-state index in [-0.39, 0.29) is 25.7 Å². The molecule has 0 saturated heterocycles. The summed E-state index contributed by atoms with van der Waals surface area (Å²) >= 11 is 0. The molecule has 19 heteroatoms. The van der Waals surface area contributed by atoms with Crippen molar-refractivity contribution in [3.05, 3.63) is 0 Å². The Labute approximate surface area is 511 Å². The van der Waals surface area contributed by atoms with Gasteiger partial charge < -0.3 is 33.8 Å². The van der Waals surface area contributed by atoms with Crippen LogP contribution in [-0.2, 0) is 65.4 Å². The van der Waals surface area contributed by atoms with Crippen molar-refractivity contribution in [2.75, 3.05) is 39.6 Å². The van der Waals surface area contributed by atoms with Gasteiger partial charge in [0.15, 0.2) is 12.2 Å². The average molecular weight is 1240 g/mol. The molecule has 3 N–H and O–H groups in total. The summed E-state index contributed by atoms with van der Waals surface area (Å²) in [6, 6.07) is 0. The number of rotatable bonds is 66. The molecule has 0 aliphatic heterocycles. The predicted molar refractivity (Wildman–Crippen MR) is 335 cm³/mol. The summed E-state index contributed by atoms with van der Waals surface area (Å²) in [6.07, 6.45) is 45.7. The van der Waals surface area contributed by atoms with E-state index in [4.69, 9.17) is 37.0 Å². The van der Waals surface area contributed by atoms with Gasteiger partial charge in [0.1, 0.15) is 19.3 Å². The minimum Gasteiger partial charge on any atom is -0.462 e. The maximum absolute atomic E-state index is 13.0. The number of aliphatic hydroxyl groups is 1. The van der Waals surface area contributed by atoms with Gasteiger partial charge in [-0.15, -0.1) is 0 Å². The van der Waals surface area contributed by atoms with Crippen molar-refractivity contribution in [1.82, 2.24) is 0 Å². The Balaban J connectivity index is 5.21. The minimum atomic E-state index is -4.94. The lowest BCUT2D eigenvalue weighted by Crippen LogP contribution is -2.30. The summed E-state index contributed by atoms with van der Waals surface area (Å²) in [5.74, 6) is -2.13. The Morgan fingerprint density at radius 2 is 0.476 bits per heavy atom. The molecule has 0 heterocycles. The molecule has 0 aliphatic carbocycles. The van der Waals surface area contributed by atoms with Gasteiger partial charge in [-0.05, 0) is 25.7 Å². The van der Waals surface area contributed by atoms with E-state index >= 15 is 0 Å². The number of hydrogen-bond acceptors (Lipinski definition) is 15. The lowest BCUT2D eigenvalue weighted by atomic mass is 10.0. The standard InChI is InChI=1S/C65H126O17P2/c1-5-9-13-17-21-25-28-29-30-31-32-36-40-44-48-52-65(70)82-61(56-76-63(68)50-46-42-38-34-26-22-18-14-10-6-2)58-80-84(73,74)78-54-59(66)53-77-83(71,72)79-57-60(55-75-62(67)49-45-41-37-33-24-20-16-12-8-4)81-64(69)51-47-43-39-35-27-23-19-15-11-7-3/h59-61,66H,5-58H2,1-4H3,(H,71,72)(H,73,74)/t59-,60+,61+/m0/s1. The highest BCUT2D eigenvalue weighted by Crippen LogP contribution is 2.45. The predicted octanol–water partition coefficient (Wildman–Crippen LogP) is 18.3. The number of unbranched alkanes of at least 4 members (excludes halogenated alkanes) is 40. The van der Waals surface area contributed by atoms with Crippen LogP contribution in [0.25, 0.3) is 0 Å². The van der Waals surface area contributed by atoms with E-state index in [0.717, 1.165) is 89.9 Å². The molecule has 2 unspecified atom stereocenters. The molecule has 84 heavy (non-hydrogen) atoms.